The van der Waals surface area contributed by atoms with E-state index in [0.29, 0.717) is 23.8 Å². The van der Waals surface area contributed by atoms with Gasteiger partial charge in [-0.2, -0.15) is 0 Å². The maximum Gasteiger partial charge on any atom is 0.222 e. The van der Waals surface area contributed by atoms with Crippen molar-refractivity contribution in [1.29, 1.82) is 0 Å². The van der Waals surface area contributed by atoms with Gasteiger partial charge in [-0.25, -0.2) is 0 Å². The molecule has 3 rings (SSSR count). The first-order valence-electron chi connectivity index (χ1n) is 10.0. The van der Waals surface area contributed by atoms with Crippen molar-refractivity contribution in [2.24, 2.45) is 11.8 Å². The summed E-state index contributed by atoms with van der Waals surface area (Å²) in [5.41, 5.74) is 1.31. The van der Waals surface area contributed by atoms with Crippen molar-refractivity contribution in [3.8, 4) is 0 Å². The molecule has 1 amide bonds. The van der Waals surface area contributed by atoms with E-state index in [2.05, 4.69) is 40.8 Å². The SMILES string of the molecule is CC(C)CN(Cc1ccncc1)C1CN(C(=O)CC2CCCCC2)C1. The fourth-order valence-electron chi connectivity index (χ4n) is 4.19. The molecule has 25 heavy (non-hydrogen) atoms. The summed E-state index contributed by atoms with van der Waals surface area (Å²) >= 11 is 0. The Kier molecular flexibility index (Phi) is 6.46. The van der Waals surface area contributed by atoms with Crippen molar-refractivity contribution in [1.82, 2.24) is 14.8 Å². The first-order valence-corrected chi connectivity index (χ1v) is 10.0. The number of likely N-dealkylation sites (tertiary alicyclic amines) is 1. The molecule has 2 fully saturated rings. The zero-order valence-corrected chi connectivity index (χ0v) is 15.9. The highest BCUT2D eigenvalue weighted by atomic mass is 16.2. The molecule has 0 N–H and O–H groups in total. The third kappa shape index (κ3) is 5.27. The van der Waals surface area contributed by atoms with E-state index in [1.165, 1.54) is 37.7 Å². The topological polar surface area (TPSA) is 36.4 Å². The van der Waals surface area contributed by atoms with E-state index < -0.39 is 0 Å². The first kappa shape index (κ1) is 18.4. The lowest BCUT2D eigenvalue weighted by Gasteiger charge is -2.46. The quantitative estimate of drug-likeness (QED) is 0.757. The molecule has 1 aromatic heterocycles. The minimum Gasteiger partial charge on any atom is -0.339 e. The zero-order chi connectivity index (χ0) is 17.6. The van der Waals surface area contributed by atoms with Gasteiger partial charge >= 0.3 is 0 Å². The third-order valence-electron chi connectivity index (χ3n) is 5.65. The van der Waals surface area contributed by atoms with Crippen LogP contribution in [0.5, 0.6) is 0 Å². The zero-order valence-electron chi connectivity index (χ0n) is 15.9. The summed E-state index contributed by atoms with van der Waals surface area (Å²) in [6.45, 7) is 8.38. The number of amides is 1. The maximum atomic E-state index is 12.5. The van der Waals surface area contributed by atoms with Crippen LogP contribution in [0.1, 0.15) is 57.9 Å². The molecule has 0 unspecified atom stereocenters. The summed E-state index contributed by atoms with van der Waals surface area (Å²) in [7, 11) is 0. The van der Waals surface area contributed by atoms with Gasteiger partial charge in [-0.15, -0.1) is 0 Å². The number of aromatic nitrogens is 1. The standard InChI is InChI=1S/C21H33N3O/c1-17(2)13-23(14-19-8-10-22-11-9-19)20-15-24(16-20)21(25)12-18-6-4-3-5-7-18/h8-11,17-18,20H,3-7,12-16H2,1-2H3. The number of carbonyl (C=O) groups excluding carboxylic acids is 1. The van der Waals surface area contributed by atoms with Gasteiger partial charge in [0, 0.05) is 51.0 Å². The van der Waals surface area contributed by atoms with E-state index in [1.807, 2.05) is 12.4 Å². The molecule has 0 aromatic carbocycles. The van der Waals surface area contributed by atoms with Crippen molar-refractivity contribution in [2.75, 3.05) is 19.6 Å². The van der Waals surface area contributed by atoms with E-state index in [9.17, 15) is 4.79 Å². The molecular weight excluding hydrogens is 310 g/mol. The number of pyridine rings is 1. The number of hydrogen-bond acceptors (Lipinski definition) is 3. The second kappa shape index (κ2) is 8.79. The molecule has 4 nitrogen and oxygen atoms in total. The largest absolute Gasteiger partial charge is 0.339 e. The van der Waals surface area contributed by atoms with E-state index in [1.54, 1.807) is 0 Å². The summed E-state index contributed by atoms with van der Waals surface area (Å²) in [6.07, 6.45) is 11.0. The lowest BCUT2D eigenvalue weighted by Crippen LogP contribution is -2.61. The van der Waals surface area contributed by atoms with Crippen LogP contribution in [-0.2, 0) is 11.3 Å². The van der Waals surface area contributed by atoms with E-state index >= 15 is 0 Å². The molecule has 0 atom stereocenters. The van der Waals surface area contributed by atoms with Gasteiger partial charge in [0.25, 0.3) is 0 Å². The van der Waals surface area contributed by atoms with Gasteiger partial charge < -0.3 is 4.90 Å². The Morgan fingerprint density at radius 1 is 1.20 bits per heavy atom. The molecule has 0 spiro atoms. The molecule has 2 heterocycles. The van der Waals surface area contributed by atoms with E-state index in [4.69, 9.17) is 0 Å². The molecule has 0 bridgehead atoms. The fourth-order valence-corrected chi connectivity index (χ4v) is 4.19. The van der Waals surface area contributed by atoms with Gasteiger partial charge in [-0.3, -0.25) is 14.7 Å². The minimum absolute atomic E-state index is 0.386. The second-order valence-corrected chi connectivity index (χ2v) is 8.34. The van der Waals surface area contributed by atoms with Crippen molar-refractivity contribution in [3.05, 3.63) is 30.1 Å². The summed E-state index contributed by atoms with van der Waals surface area (Å²) < 4.78 is 0. The average molecular weight is 344 g/mol. The minimum atomic E-state index is 0.386. The molecule has 1 aliphatic heterocycles. The van der Waals surface area contributed by atoms with Crippen molar-refractivity contribution < 1.29 is 4.79 Å². The Morgan fingerprint density at radius 2 is 1.88 bits per heavy atom. The molecule has 138 valence electrons. The lowest BCUT2D eigenvalue weighted by molar-refractivity contribution is -0.140. The van der Waals surface area contributed by atoms with Gasteiger partial charge in [-0.05, 0) is 42.4 Å². The van der Waals surface area contributed by atoms with Crippen LogP contribution < -0.4 is 0 Å². The van der Waals surface area contributed by atoms with Crippen LogP contribution >= 0.6 is 0 Å². The van der Waals surface area contributed by atoms with Crippen LogP contribution in [0.25, 0.3) is 0 Å². The molecule has 4 heteroatoms. The highest BCUT2D eigenvalue weighted by molar-refractivity contribution is 5.77. The third-order valence-corrected chi connectivity index (χ3v) is 5.65. The summed E-state index contributed by atoms with van der Waals surface area (Å²) in [6, 6.07) is 4.70. The summed E-state index contributed by atoms with van der Waals surface area (Å²) in [5, 5.41) is 0. The number of rotatable bonds is 7. The van der Waals surface area contributed by atoms with Gasteiger partial charge in [0.1, 0.15) is 0 Å². The van der Waals surface area contributed by atoms with Crippen molar-refractivity contribution >= 4 is 5.91 Å². The fraction of sp³-hybridized carbons (Fsp3) is 0.714. The van der Waals surface area contributed by atoms with Crippen LogP contribution in [0.15, 0.2) is 24.5 Å². The molecule has 1 aromatic rings. The molecule has 1 saturated carbocycles. The number of hydrogen-bond donors (Lipinski definition) is 0. The van der Waals surface area contributed by atoms with Crippen LogP contribution in [-0.4, -0.2) is 46.4 Å². The summed E-state index contributed by atoms with van der Waals surface area (Å²) in [4.78, 5) is 21.3. The Labute approximate surface area is 152 Å². The molecular formula is C21H33N3O. The van der Waals surface area contributed by atoms with Gasteiger partial charge in [-0.1, -0.05) is 33.1 Å². The first-order chi connectivity index (χ1) is 12.1. The van der Waals surface area contributed by atoms with Crippen LogP contribution in [0.2, 0.25) is 0 Å². The number of nitrogens with zero attached hydrogens (tertiary/aromatic N) is 3. The summed E-state index contributed by atoms with van der Waals surface area (Å²) in [5.74, 6) is 1.66. The van der Waals surface area contributed by atoms with Gasteiger partial charge in [0.05, 0.1) is 0 Å². The second-order valence-electron chi connectivity index (χ2n) is 8.34. The van der Waals surface area contributed by atoms with E-state index in [0.717, 1.165) is 32.6 Å². The maximum absolute atomic E-state index is 12.5. The van der Waals surface area contributed by atoms with Crippen LogP contribution in [0.3, 0.4) is 0 Å². The van der Waals surface area contributed by atoms with Crippen molar-refractivity contribution in [3.63, 3.8) is 0 Å². The molecule has 1 aliphatic carbocycles. The average Bonchev–Trinajstić information content (AvgIpc) is 2.54. The highest BCUT2D eigenvalue weighted by Crippen LogP contribution is 2.28. The van der Waals surface area contributed by atoms with Crippen LogP contribution in [0, 0.1) is 11.8 Å². The predicted octanol–water partition coefficient (Wildman–Crippen LogP) is 3.72. The smallest absolute Gasteiger partial charge is 0.222 e. The Balaban J connectivity index is 1.49. The molecule has 0 radical (unpaired) electrons. The normalized spacial score (nSPS) is 19.4. The Bertz CT molecular complexity index is 533. The number of carbonyl (C=O) groups is 1. The predicted molar refractivity (Wildman–Crippen MR) is 101 cm³/mol. The highest BCUT2D eigenvalue weighted by Gasteiger charge is 2.35. The molecule has 1 saturated heterocycles. The van der Waals surface area contributed by atoms with E-state index in [-0.39, 0.29) is 0 Å². The lowest BCUT2D eigenvalue weighted by atomic mass is 9.86. The monoisotopic (exact) mass is 343 g/mol. The van der Waals surface area contributed by atoms with Gasteiger partial charge in [0.2, 0.25) is 5.91 Å². The Hall–Kier alpha value is -1.42. The Morgan fingerprint density at radius 3 is 2.52 bits per heavy atom. The molecule has 2 aliphatic rings. The van der Waals surface area contributed by atoms with Crippen LogP contribution in [0.4, 0.5) is 0 Å². The van der Waals surface area contributed by atoms with Crippen molar-refractivity contribution in [2.45, 2.75) is 65.0 Å². The van der Waals surface area contributed by atoms with Gasteiger partial charge in [0.15, 0.2) is 0 Å².